The molecule has 0 aromatic heterocycles. The molecule has 10 heteroatoms. The van der Waals surface area contributed by atoms with Crippen molar-refractivity contribution in [2.45, 2.75) is 4.90 Å². The van der Waals surface area contributed by atoms with E-state index in [4.69, 9.17) is 37.9 Å². The van der Waals surface area contributed by atoms with Crippen LogP contribution in [0.25, 0.3) is 0 Å². The van der Waals surface area contributed by atoms with Crippen LogP contribution in [0.3, 0.4) is 0 Å². The molecule has 0 radical (unpaired) electrons. The lowest BCUT2D eigenvalue weighted by Crippen LogP contribution is -2.62. The Bertz CT molecular complexity index is 1060. The van der Waals surface area contributed by atoms with Crippen LogP contribution >= 0.6 is 23.2 Å². The van der Waals surface area contributed by atoms with E-state index in [0.717, 1.165) is 0 Å². The van der Waals surface area contributed by atoms with Crippen molar-refractivity contribution in [2.75, 3.05) is 33.4 Å². The fourth-order valence-electron chi connectivity index (χ4n) is 3.02. The van der Waals surface area contributed by atoms with Gasteiger partial charge in [-0.3, -0.25) is 0 Å². The summed E-state index contributed by atoms with van der Waals surface area (Å²) >= 11 is 11.9. The fourth-order valence-corrected chi connectivity index (χ4v) is 5.43. The summed E-state index contributed by atoms with van der Waals surface area (Å²) in [5.41, 5.74) is -0.336. The summed E-state index contributed by atoms with van der Waals surface area (Å²) in [6, 6.07) is 10.9. The summed E-state index contributed by atoms with van der Waals surface area (Å²) in [5, 5.41) is 19.2. The molecule has 0 aliphatic carbocycles. The standard InChI is InChI=1S/C19H18Cl2N2O5S/c1-27-17-6-13(8-22)2-4-16(17)28-12-19(11-24)9-23(10-19)29(25,26)18-5-3-14(20)7-15(18)21/h2-7,24H,9-12H2,1H3. The summed E-state index contributed by atoms with van der Waals surface area (Å²) < 4.78 is 37.9. The molecule has 0 bridgehead atoms. The third-order valence-corrected chi connectivity index (χ3v) is 7.21. The van der Waals surface area contributed by atoms with E-state index in [1.165, 1.54) is 29.6 Å². The van der Waals surface area contributed by atoms with Gasteiger partial charge in [0.05, 0.1) is 42.4 Å². The number of nitriles is 1. The van der Waals surface area contributed by atoms with Gasteiger partial charge in [0.1, 0.15) is 4.90 Å². The average molecular weight is 457 g/mol. The van der Waals surface area contributed by atoms with E-state index in [1.54, 1.807) is 18.2 Å². The molecular formula is C19H18Cl2N2O5S. The molecule has 2 aromatic rings. The van der Waals surface area contributed by atoms with Crippen molar-refractivity contribution in [3.05, 3.63) is 52.0 Å². The molecule has 0 atom stereocenters. The number of hydrogen-bond acceptors (Lipinski definition) is 6. The zero-order valence-electron chi connectivity index (χ0n) is 15.4. The van der Waals surface area contributed by atoms with Crippen molar-refractivity contribution in [2.24, 2.45) is 5.41 Å². The number of benzene rings is 2. The van der Waals surface area contributed by atoms with E-state index >= 15 is 0 Å². The smallest absolute Gasteiger partial charge is 0.244 e. The van der Waals surface area contributed by atoms with Gasteiger partial charge in [0.25, 0.3) is 0 Å². The first-order valence-electron chi connectivity index (χ1n) is 8.52. The zero-order valence-corrected chi connectivity index (χ0v) is 17.8. The van der Waals surface area contributed by atoms with Crippen LogP contribution in [0, 0.1) is 16.7 Å². The second-order valence-corrected chi connectivity index (χ2v) is 9.52. The van der Waals surface area contributed by atoms with Gasteiger partial charge in [-0.05, 0) is 30.3 Å². The molecule has 1 aliphatic heterocycles. The maximum Gasteiger partial charge on any atom is 0.244 e. The number of aliphatic hydroxyl groups excluding tert-OH is 1. The Labute approximate surface area is 179 Å². The van der Waals surface area contributed by atoms with Gasteiger partial charge in [0.2, 0.25) is 10.0 Å². The minimum absolute atomic E-state index is 0.0372. The van der Waals surface area contributed by atoms with Crippen molar-refractivity contribution in [3.63, 3.8) is 0 Å². The van der Waals surface area contributed by atoms with E-state index < -0.39 is 15.4 Å². The Hall–Kier alpha value is -2.02. The van der Waals surface area contributed by atoms with E-state index in [0.29, 0.717) is 22.1 Å². The maximum atomic E-state index is 12.8. The predicted octanol–water partition coefficient (Wildman–Crippen LogP) is 2.94. The molecule has 154 valence electrons. The van der Waals surface area contributed by atoms with Gasteiger partial charge in [-0.1, -0.05) is 23.2 Å². The molecule has 0 amide bonds. The normalized spacial score (nSPS) is 16.0. The summed E-state index contributed by atoms with van der Waals surface area (Å²) in [6.07, 6.45) is 0. The lowest BCUT2D eigenvalue weighted by atomic mass is 9.83. The first kappa shape index (κ1) is 21.7. The van der Waals surface area contributed by atoms with Crippen LogP contribution in [0.15, 0.2) is 41.3 Å². The topological polar surface area (TPSA) is 99.9 Å². The van der Waals surface area contributed by atoms with Crippen LogP contribution in [-0.4, -0.2) is 51.2 Å². The highest BCUT2D eigenvalue weighted by molar-refractivity contribution is 7.89. The van der Waals surface area contributed by atoms with Crippen LogP contribution in [-0.2, 0) is 10.0 Å². The van der Waals surface area contributed by atoms with Crippen LogP contribution < -0.4 is 9.47 Å². The number of hydrogen-bond donors (Lipinski definition) is 1. The van der Waals surface area contributed by atoms with Gasteiger partial charge in [-0.15, -0.1) is 0 Å². The van der Waals surface area contributed by atoms with Crippen molar-refractivity contribution in [1.29, 1.82) is 5.26 Å². The molecule has 3 rings (SSSR count). The summed E-state index contributed by atoms with van der Waals surface area (Å²) in [5.74, 6) is 0.787. The van der Waals surface area contributed by atoms with Crippen LogP contribution in [0.5, 0.6) is 11.5 Å². The van der Waals surface area contributed by atoms with E-state index in [9.17, 15) is 13.5 Å². The largest absolute Gasteiger partial charge is 0.493 e. The van der Waals surface area contributed by atoms with Crippen molar-refractivity contribution < 1.29 is 23.0 Å². The summed E-state index contributed by atoms with van der Waals surface area (Å²) in [4.78, 5) is -0.0372. The number of halogens is 2. The Balaban J connectivity index is 1.72. The first-order chi connectivity index (χ1) is 13.7. The molecule has 1 N–H and O–H groups in total. The molecular weight excluding hydrogens is 439 g/mol. The molecule has 0 saturated carbocycles. The first-order valence-corrected chi connectivity index (χ1v) is 10.7. The van der Waals surface area contributed by atoms with Crippen LogP contribution in [0.1, 0.15) is 5.56 Å². The quantitative estimate of drug-likeness (QED) is 0.687. The van der Waals surface area contributed by atoms with Gasteiger partial charge < -0.3 is 14.6 Å². The minimum Gasteiger partial charge on any atom is -0.493 e. The molecule has 0 spiro atoms. The molecule has 1 heterocycles. The zero-order chi connectivity index (χ0) is 21.2. The third kappa shape index (κ3) is 4.29. The Kier molecular flexibility index (Phi) is 6.27. The van der Waals surface area contributed by atoms with E-state index in [-0.39, 0.29) is 36.2 Å². The molecule has 7 nitrogen and oxygen atoms in total. The Morgan fingerprint density at radius 2 is 1.93 bits per heavy atom. The maximum absolute atomic E-state index is 12.8. The SMILES string of the molecule is COc1cc(C#N)ccc1OCC1(CO)CN(S(=O)(=O)c2ccc(Cl)cc2Cl)C1. The second-order valence-electron chi connectivity index (χ2n) is 6.77. The molecule has 1 aliphatic rings. The van der Waals surface area contributed by atoms with E-state index in [2.05, 4.69) is 0 Å². The van der Waals surface area contributed by atoms with Gasteiger partial charge in [-0.25, -0.2) is 8.42 Å². The van der Waals surface area contributed by atoms with Gasteiger partial charge in [0.15, 0.2) is 11.5 Å². The summed E-state index contributed by atoms with van der Waals surface area (Å²) in [7, 11) is -2.36. The number of ether oxygens (including phenoxy) is 2. The molecule has 2 aromatic carbocycles. The summed E-state index contributed by atoms with van der Waals surface area (Å²) in [6.45, 7) is -0.0368. The lowest BCUT2D eigenvalue weighted by Gasteiger charge is -2.47. The predicted molar refractivity (Wildman–Crippen MR) is 108 cm³/mol. The number of nitrogens with zero attached hydrogens (tertiary/aromatic N) is 2. The van der Waals surface area contributed by atoms with Crippen molar-refractivity contribution >= 4 is 33.2 Å². The molecule has 29 heavy (non-hydrogen) atoms. The number of aliphatic hydroxyl groups is 1. The van der Waals surface area contributed by atoms with Crippen LogP contribution in [0.2, 0.25) is 10.0 Å². The Morgan fingerprint density at radius 3 is 2.52 bits per heavy atom. The van der Waals surface area contributed by atoms with Crippen molar-refractivity contribution in [1.82, 2.24) is 4.31 Å². The molecule has 0 unspecified atom stereocenters. The lowest BCUT2D eigenvalue weighted by molar-refractivity contribution is -0.0277. The highest BCUT2D eigenvalue weighted by atomic mass is 35.5. The van der Waals surface area contributed by atoms with Gasteiger partial charge in [0, 0.05) is 24.2 Å². The minimum atomic E-state index is -3.82. The fraction of sp³-hybridized carbons (Fsp3) is 0.316. The second kappa shape index (κ2) is 8.38. The molecule has 1 fully saturated rings. The number of rotatable bonds is 7. The number of methoxy groups -OCH3 is 1. The monoisotopic (exact) mass is 456 g/mol. The van der Waals surface area contributed by atoms with Gasteiger partial charge >= 0.3 is 0 Å². The average Bonchev–Trinajstić information content (AvgIpc) is 2.66. The number of sulfonamides is 1. The van der Waals surface area contributed by atoms with Crippen LogP contribution in [0.4, 0.5) is 0 Å². The Morgan fingerprint density at radius 1 is 1.21 bits per heavy atom. The van der Waals surface area contributed by atoms with Gasteiger partial charge in [-0.2, -0.15) is 9.57 Å². The van der Waals surface area contributed by atoms with Crippen molar-refractivity contribution in [3.8, 4) is 17.6 Å². The third-order valence-electron chi connectivity index (χ3n) is 4.70. The van der Waals surface area contributed by atoms with E-state index in [1.807, 2.05) is 6.07 Å². The highest BCUT2D eigenvalue weighted by Gasteiger charge is 2.49. The highest BCUT2D eigenvalue weighted by Crippen LogP contribution is 2.38. The molecule has 1 saturated heterocycles.